The minimum Gasteiger partial charge on any atom is -0.493 e. The summed E-state index contributed by atoms with van der Waals surface area (Å²) in [5.74, 6) is 1.09. The van der Waals surface area contributed by atoms with Crippen LogP contribution in [0, 0.1) is 0 Å². The van der Waals surface area contributed by atoms with Crippen molar-refractivity contribution in [3.8, 4) is 22.8 Å². The van der Waals surface area contributed by atoms with Crippen LogP contribution in [0.25, 0.3) is 11.3 Å². The Morgan fingerprint density at radius 3 is 2.56 bits per heavy atom. The summed E-state index contributed by atoms with van der Waals surface area (Å²) >= 11 is 0. The molecule has 3 aromatic rings. The summed E-state index contributed by atoms with van der Waals surface area (Å²) in [6.07, 6.45) is 1.72. The maximum Gasteiger partial charge on any atom is 0.242 e. The molecule has 0 saturated carbocycles. The molecule has 0 atom stereocenters. The van der Waals surface area contributed by atoms with E-state index in [1.807, 2.05) is 24.3 Å². The van der Waals surface area contributed by atoms with E-state index in [1.54, 1.807) is 38.6 Å². The lowest BCUT2D eigenvalue weighted by Crippen LogP contribution is -2.27. The third-order valence-electron chi connectivity index (χ3n) is 3.99. The van der Waals surface area contributed by atoms with Crippen molar-refractivity contribution in [2.24, 2.45) is 0 Å². The molecule has 0 unspecified atom stereocenters. The van der Waals surface area contributed by atoms with Gasteiger partial charge in [-0.2, -0.15) is 0 Å². The lowest BCUT2D eigenvalue weighted by Gasteiger charge is -2.10. The van der Waals surface area contributed by atoms with Crippen molar-refractivity contribution in [3.63, 3.8) is 0 Å². The first-order valence-corrected chi connectivity index (χ1v) is 8.32. The maximum absolute atomic E-state index is 12.2. The van der Waals surface area contributed by atoms with Crippen LogP contribution in [0.2, 0.25) is 0 Å². The third-order valence-corrected chi connectivity index (χ3v) is 3.99. The monoisotopic (exact) mass is 367 g/mol. The highest BCUT2D eigenvalue weighted by Crippen LogP contribution is 2.27. The molecule has 27 heavy (non-hydrogen) atoms. The first kappa shape index (κ1) is 18.2. The molecule has 0 spiro atoms. The second kappa shape index (κ2) is 8.22. The largest absolute Gasteiger partial charge is 0.493 e. The number of aromatic nitrogens is 3. The summed E-state index contributed by atoms with van der Waals surface area (Å²) in [5.41, 5.74) is 8.84. The van der Waals surface area contributed by atoms with Gasteiger partial charge in [-0.1, -0.05) is 23.4 Å². The zero-order valence-corrected chi connectivity index (χ0v) is 15.2. The van der Waals surface area contributed by atoms with Gasteiger partial charge in [-0.3, -0.25) is 4.79 Å². The van der Waals surface area contributed by atoms with Crippen LogP contribution in [0.1, 0.15) is 5.56 Å². The number of nitrogens with zero attached hydrogens (tertiary/aromatic N) is 3. The van der Waals surface area contributed by atoms with Gasteiger partial charge in [-0.15, -0.1) is 5.10 Å². The van der Waals surface area contributed by atoms with Crippen LogP contribution in [0.4, 0.5) is 5.69 Å². The summed E-state index contributed by atoms with van der Waals surface area (Å²) in [7, 11) is 3.15. The molecule has 0 radical (unpaired) electrons. The molecule has 0 bridgehead atoms. The van der Waals surface area contributed by atoms with Crippen molar-refractivity contribution in [2.75, 3.05) is 20.0 Å². The fourth-order valence-electron chi connectivity index (χ4n) is 2.56. The topological polar surface area (TPSA) is 104 Å². The van der Waals surface area contributed by atoms with Gasteiger partial charge in [0.25, 0.3) is 0 Å². The van der Waals surface area contributed by atoms with E-state index < -0.39 is 0 Å². The van der Waals surface area contributed by atoms with Crippen molar-refractivity contribution in [3.05, 3.63) is 54.2 Å². The molecule has 0 aliphatic heterocycles. The Bertz CT molecular complexity index is 921. The number of anilines is 1. The number of hydrogen-bond acceptors (Lipinski definition) is 6. The molecule has 0 saturated heterocycles. The van der Waals surface area contributed by atoms with Crippen molar-refractivity contribution in [1.29, 1.82) is 0 Å². The van der Waals surface area contributed by atoms with Crippen LogP contribution < -0.4 is 20.5 Å². The summed E-state index contributed by atoms with van der Waals surface area (Å²) in [6.45, 7) is 0.452. The predicted molar refractivity (Wildman–Crippen MR) is 101 cm³/mol. The molecule has 2 aromatic carbocycles. The average molecular weight is 367 g/mol. The summed E-state index contributed by atoms with van der Waals surface area (Å²) in [5, 5.41) is 10.9. The summed E-state index contributed by atoms with van der Waals surface area (Å²) in [4.78, 5) is 12.2. The van der Waals surface area contributed by atoms with Gasteiger partial charge in [0.2, 0.25) is 5.91 Å². The highest BCUT2D eigenvalue weighted by molar-refractivity contribution is 5.75. The smallest absolute Gasteiger partial charge is 0.242 e. The van der Waals surface area contributed by atoms with E-state index in [1.165, 1.54) is 4.68 Å². The molecule has 140 valence electrons. The number of rotatable bonds is 7. The SMILES string of the molecule is COc1ccc(CNC(=O)Cn2cc(-c3ccc(N)cc3)nn2)cc1OC. The van der Waals surface area contributed by atoms with E-state index in [9.17, 15) is 4.79 Å². The van der Waals surface area contributed by atoms with E-state index >= 15 is 0 Å². The molecule has 3 rings (SSSR count). The van der Waals surface area contributed by atoms with E-state index in [4.69, 9.17) is 15.2 Å². The number of nitrogens with one attached hydrogen (secondary N) is 1. The Labute approximate surface area is 156 Å². The van der Waals surface area contributed by atoms with Crippen LogP contribution in [0.5, 0.6) is 11.5 Å². The standard InChI is InChI=1S/C19H21N5O3/c1-26-17-8-3-13(9-18(17)27-2)10-21-19(25)12-24-11-16(22-23-24)14-4-6-15(20)7-5-14/h3-9,11H,10,12,20H2,1-2H3,(H,21,25). The predicted octanol–water partition coefficient (Wildman–Crippen LogP) is 1.86. The van der Waals surface area contributed by atoms with Crippen LogP contribution >= 0.6 is 0 Å². The number of amides is 1. The molecule has 0 aliphatic carbocycles. The molecule has 1 heterocycles. The van der Waals surface area contributed by atoms with Crippen molar-refractivity contribution < 1.29 is 14.3 Å². The zero-order valence-electron chi connectivity index (χ0n) is 15.2. The van der Waals surface area contributed by atoms with Crippen LogP contribution in [-0.4, -0.2) is 35.1 Å². The molecule has 8 nitrogen and oxygen atoms in total. The molecular weight excluding hydrogens is 346 g/mol. The van der Waals surface area contributed by atoms with Gasteiger partial charge in [0, 0.05) is 17.8 Å². The second-order valence-corrected chi connectivity index (χ2v) is 5.89. The summed E-state index contributed by atoms with van der Waals surface area (Å²) < 4.78 is 12.0. The van der Waals surface area contributed by atoms with Crippen LogP contribution in [-0.2, 0) is 17.9 Å². The highest BCUT2D eigenvalue weighted by Gasteiger charge is 2.09. The first-order chi connectivity index (χ1) is 13.1. The number of ether oxygens (including phenoxy) is 2. The second-order valence-electron chi connectivity index (χ2n) is 5.89. The number of carbonyl (C=O) groups excluding carboxylic acids is 1. The van der Waals surface area contributed by atoms with Gasteiger partial charge in [0.1, 0.15) is 12.2 Å². The molecule has 3 N–H and O–H groups in total. The molecule has 0 aliphatic rings. The van der Waals surface area contributed by atoms with E-state index in [0.29, 0.717) is 29.4 Å². The van der Waals surface area contributed by atoms with E-state index in [2.05, 4.69) is 15.6 Å². The van der Waals surface area contributed by atoms with E-state index in [-0.39, 0.29) is 12.5 Å². The number of nitrogen functional groups attached to an aromatic ring is 1. The fraction of sp³-hybridized carbons (Fsp3) is 0.211. The number of methoxy groups -OCH3 is 2. The summed E-state index contributed by atoms with van der Waals surface area (Å²) in [6, 6.07) is 12.8. The third kappa shape index (κ3) is 4.55. The zero-order chi connectivity index (χ0) is 19.2. The Kier molecular flexibility index (Phi) is 5.55. The van der Waals surface area contributed by atoms with Gasteiger partial charge >= 0.3 is 0 Å². The Morgan fingerprint density at radius 1 is 1.11 bits per heavy atom. The molecule has 1 aromatic heterocycles. The Balaban J connectivity index is 1.58. The van der Waals surface area contributed by atoms with Gasteiger partial charge in [-0.25, -0.2) is 4.68 Å². The average Bonchev–Trinajstić information content (AvgIpc) is 3.15. The molecular formula is C19H21N5O3. The molecule has 1 amide bonds. The van der Waals surface area contributed by atoms with Gasteiger partial charge in [0.05, 0.1) is 20.4 Å². The number of carbonyl (C=O) groups is 1. The minimum absolute atomic E-state index is 0.0786. The minimum atomic E-state index is -0.168. The van der Waals surface area contributed by atoms with Crippen LogP contribution in [0.15, 0.2) is 48.7 Å². The highest BCUT2D eigenvalue weighted by atomic mass is 16.5. The van der Waals surface area contributed by atoms with Gasteiger partial charge in [-0.05, 0) is 29.8 Å². The van der Waals surface area contributed by atoms with Crippen molar-refractivity contribution in [1.82, 2.24) is 20.3 Å². The number of nitrogens with two attached hydrogens (primary N) is 1. The normalized spacial score (nSPS) is 10.4. The van der Waals surface area contributed by atoms with Crippen molar-refractivity contribution in [2.45, 2.75) is 13.1 Å². The number of hydrogen-bond donors (Lipinski definition) is 2. The van der Waals surface area contributed by atoms with Crippen molar-refractivity contribution >= 4 is 11.6 Å². The molecule has 8 heteroatoms. The van der Waals surface area contributed by atoms with Gasteiger partial charge < -0.3 is 20.5 Å². The first-order valence-electron chi connectivity index (χ1n) is 8.32. The quantitative estimate of drug-likeness (QED) is 0.618. The Hall–Kier alpha value is -3.55. The lowest BCUT2D eigenvalue weighted by atomic mass is 10.1. The maximum atomic E-state index is 12.2. The van der Waals surface area contributed by atoms with Gasteiger partial charge in [0.15, 0.2) is 11.5 Å². The Morgan fingerprint density at radius 2 is 1.85 bits per heavy atom. The number of benzene rings is 2. The molecule has 0 fully saturated rings. The fourth-order valence-corrected chi connectivity index (χ4v) is 2.56. The van der Waals surface area contributed by atoms with Crippen LogP contribution in [0.3, 0.4) is 0 Å². The van der Waals surface area contributed by atoms with E-state index in [0.717, 1.165) is 11.1 Å². The lowest BCUT2D eigenvalue weighted by molar-refractivity contribution is -0.122.